The van der Waals surface area contributed by atoms with Crippen molar-refractivity contribution in [1.29, 1.82) is 0 Å². The van der Waals surface area contributed by atoms with E-state index in [1.165, 1.54) is 0 Å². The SMILES string of the molecule is O=C(C[C@@H]1C[C@@H]2O[C@H]2CCC(=O)N[C@H](c2ccccc2)COC1=O)NCc1ccc(Cl)cc1. The summed E-state index contributed by atoms with van der Waals surface area (Å²) in [7, 11) is 0. The number of fused-ring (bicyclic) bond motifs is 1. The van der Waals surface area contributed by atoms with Crippen molar-refractivity contribution in [3.05, 3.63) is 70.7 Å². The van der Waals surface area contributed by atoms with E-state index >= 15 is 0 Å². The summed E-state index contributed by atoms with van der Waals surface area (Å²) >= 11 is 5.90. The summed E-state index contributed by atoms with van der Waals surface area (Å²) in [6, 6.07) is 16.2. The van der Waals surface area contributed by atoms with Gasteiger partial charge in [-0.05, 0) is 36.1 Å². The minimum absolute atomic E-state index is 0.00638. The summed E-state index contributed by atoms with van der Waals surface area (Å²) in [5.41, 5.74) is 1.77. The summed E-state index contributed by atoms with van der Waals surface area (Å²) < 4.78 is 11.2. The topological polar surface area (TPSA) is 97.0 Å². The molecule has 8 heteroatoms. The molecule has 0 aromatic heterocycles. The number of rotatable bonds is 5. The van der Waals surface area contributed by atoms with Gasteiger partial charge in [0.15, 0.2) is 0 Å². The second-order valence-electron chi connectivity index (χ2n) is 8.45. The monoisotopic (exact) mass is 470 g/mol. The van der Waals surface area contributed by atoms with Crippen molar-refractivity contribution in [2.75, 3.05) is 6.61 Å². The second-order valence-corrected chi connectivity index (χ2v) is 8.89. The number of benzene rings is 2. The maximum absolute atomic E-state index is 12.9. The fourth-order valence-electron chi connectivity index (χ4n) is 4.01. The molecule has 7 nitrogen and oxygen atoms in total. The Kier molecular flexibility index (Phi) is 7.62. The average Bonchev–Trinajstić information content (AvgIpc) is 3.57. The van der Waals surface area contributed by atoms with E-state index in [1.807, 2.05) is 42.5 Å². The van der Waals surface area contributed by atoms with E-state index in [1.54, 1.807) is 12.1 Å². The molecule has 33 heavy (non-hydrogen) atoms. The fourth-order valence-corrected chi connectivity index (χ4v) is 4.14. The van der Waals surface area contributed by atoms with Gasteiger partial charge in [-0.15, -0.1) is 0 Å². The predicted molar refractivity (Wildman–Crippen MR) is 122 cm³/mol. The highest BCUT2D eigenvalue weighted by molar-refractivity contribution is 6.30. The Balaban J connectivity index is 1.39. The lowest BCUT2D eigenvalue weighted by Gasteiger charge is -2.22. The molecule has 2 amide bonds. The van der Waals surface area contributed by atoms with Gasteiger partial charge in [-0.25, -0.2) is 0 Å². The van der Waals surface area contributed by atoms with E-state index in [0.29, 0.717) is 30.8 Å². The number of hydrogen-bond donors (Lipinski definition) is 2. The molecule has 0 spiro atoms. The van der Waals surface area contributed by atoms with E-state index in [-0.39, 0.29) is 37.0 Å². The smallest absolute Gasteiger partial charge is 0.309 e. The van der Waals surface area contributed by atoms with Crippen LogP contribution >= 0.6 is 11.6 Å². The lowest BCUT2D eigenvalue weighted by molar-refractivity contribution is -0.152. The first-order chi connectivity index (χ1) is 16.0. The highest BCUT2D eigenvalue weighted by Crippen LogP contribution is 2.34. The van der Waals surface area contributed by atoms with Gasteiger partial charge < -0.3 is 20.1 Å². The molecule has 0 radical (unpaired) electrons. The van der Waals surface area contributed by atoms with E-state index in [9.17, 15) is 14.4 Å². The lowest BCUT2D eigenvalue weighted by atomic mass is 9.96. The third-order valence-corrected chi connectivity index (χ3v) is 6.21. The first kappa shape index (κ1) is 23.3. The number of halogens is 1. The van der Waals surface area contributed by atoms with Crippen LogP contribution in [0.2, 0.25) is 5.02 Å². The van der Waals surface area contributed by atoms with Crippen LogP contribution in [0.1, 0.15) is 42.9 Å². The molecule has 0 aliphatic carbocycles. The van der Waals surface area contributed by atoms with Crippen molar-refractivity contribution < 1.29 is 23.9 Å². The van der Waals surface area contributed by atoms with Gasteiger partial charge >= 0.3 is 5.97 Å². The third-order valence-electron chi connectivity index (χ3n) is 5.96. The normalized spacial score (nSPS) is 25.5. The van der Waals surface area contributed by atoms with Gasteiger partial charge in [0.2, 0.25) is 11.8 Å². The van der Waals surface area contributed by atoms with Crippen LogP contribution in [-0.2, 0) is 30.4 Å². The quantitative estimate of drug-likeness (QED) is 0.516. The lowest BCUT2D eigenvalue weighted by Crippen LogP contribution is -2.35. The summed E-state index contributed by atoms with van der Waals surface area (Å²) in [4.78, 5) is 37.9. The van der Waals surface area contributed by atoms with Crippen LogP contribution in [0.25, 0.3) is 0 Å². The Morgan fingerprint density at radius 3 is 2.58 bits per heavy atom. The molecule has 2 aliphatic heterocycles. The molecule has 2 saturated heterocycles. The van der Waals surface area contributed by atoms with E-state index in [0.717, 1.165) is 11.1 Å². The standard InChI is InChI=1S/C25H27ClN2O5/c26-19-8-6-16(7-9-19)14-27-24(30)13-18-12-22-21(33-22)10-11-23(29)28-20(15-32-25(18)31)17-4-2-1-3-5-17/h1-9,18,20-22H,10-15H2,(H,27,30)(H,28,29)/t18-,20-,21-,22-/m0/s1. The number of epoxide rings is 1. The van der Waals surface area contributed by atoms with Crippen LogP contribution in [0.5, 0.6) is 0 Å². The molecule has 0 bridgehead atoms. The van der Waals surface area contributed by atoms with E-state index < -0.39 is 17.9 Å². The maximum atomic E-state index is 12.9. The number of cyclic esters (lactones) is 1. The molecule has 4 atom stereocenters. The van der Waals surface area contributed by atoms with Crippen molar-refractivity contribution >= 4 is 29.4 Å². The number of esters is 1. The van der Waals surface area contributed by atoms with Gasteiger partial charge in [-0.3, -0.25) is 14.4 Å². The Hall–Kier alpha value is -2.90. The fraction of sp³-hybridized carbons (Fsp3) is 0.400. The molecule has 2 N–H and O–H groups in total. The summed E-state index contributed by atoms with van der Waals surface area (Å²) in [6.45, 7) is 0.356. The van der Waals surface area contributed by atoms with Gasteiger partial charge in [0, 0.05) is 24.4 Å². The molecular weight excluding hydrogens is 444 g/mol. The molecular formula is C25H27ClN2O5. The molecule has 2 aromatic carbocycles. The van der Waals surface area contributed by atoms with Crippen LogP contribution in [0.15, 0.2) is 54.6 Å². The van der Waals surface area contributed by atoms with Gasteiger partial charge in [0.05, 0.1) is 24.2 Å². The average molecular weight is 471 g/mol. The predicted octanol–water partition coefficient (Wildman–Crippen LogP) is 3.31. The molecule has 2 fully saturated rings. The minimum Gasteiger partial charge on any atom is -0.463 e. The Bertz CT molecular complexity index is 982. The Morgan fingerprint density at radius 1 is 1.06 bits per heavy atom. The molecule has 2 aromatic rings. The third kappa shape index (κ3) is 6.79. The highest BCUT2D eigenvalue weighted by atomic mass is 35.5. The minimum atomic E-state index is -0.614. The molecule has 4 rings (SSSR count). The summed E-state index contributed by atoms with van der Waals surface area (Å²) in [5.74, 6) is -1.41. The number of hydrogen-bond acceptors (Lipinski definition) is 5. The van der Waals surface area contributed by atoms with Crippen LogP contribution in [0, 0.1) is 5.92 Å². The van der Waals surface area contributed by atoms with Crippen molar-refractivity contribution in [2.24, 2.45) is 5.92 Å². The van der Waals surface area contributed by atoms with Gasteiger partial charge in [0.1, 0.15) is 6.61 Å². The van der Waals surface area contributed by atoms with E-state index in [4.69, 9.17) is 21.1 Å². The molecule has 0 unspecified atom stereocenters. The van der Waals surface area contributed by atoms with Crippen molar-refractivity contribution in [2.45, 2.75) is 50.5 Å². The number of ether oxygens (including phenoxy) is 2. The van der Waals surface area contributed by atoms with Crippen molar-refractivity contribution in [3.8, 4) is 0 Å². The Labute approximate surface area is 197 Å². The van der Waals surface area contributed by atoms with Crippen LogP contribution in [0.3, 0.4) is 0 Å². The van der Waals surface area contributed by atoms with Gasteiger partial charge in [-0.1, -0.05) is 54.1 Å². The molecule has 2 aliphatic rings. The molecule has 0 saturated carbocycles. The first-order valence-electron chi connectivity index (χ1n) is 11.2. The summed E-state index contributed by atoms with van der Waals surface area (Å²) in [5, 5.41) is 6.43. The Morgan fingerprint density at radius 2 is 1.82 bits per heavy atom. The van der Waals surface area contributed by atoms with Gasteiger partial charge in [0.25, 0.3) is 0 Å². The number of carbonyl (C=O) groups excluding carboxylic acids is 3. The zero-order valence-electron chi connectivity index (χ0n) is 18.2. The highest BCUT2D eigenvalue weighted by Gasteiger charge is 2.42. The number of carbonyl (C=O) groups is 3. The van der Waals surface area contributed by atoms with Crippen LogP contribution in [-0.4, -0.2) is 36.6 Å². The zero-order valence-corrected chi connectivity index (χ0v) is 18.9. The summed E-state index contributed by atoms with van der Waals surface area (Å²) in [6.07, 6.45) is 1.13. The maximum Gasteiger partial charge on any atom is 0.309 e. The molecule has 174 valence electrons. The van der Waals surface area contributed by atoms with Crippen molar-refractivity contribution in [3.63, 3.8) is 0 Å². The first-order valence-corrected chi connectivity index (χ1v) is 11.5. The number of amides is 2. The zero-order chi connectivity index (χ0) is 23.2. The number of nitrogens with one attached hydrogen (secondary N) is 2. The largest absolute Gasteiger partial charge is 0.463 e. The van der Waals surface area contributed by atoms with Crippen LogP contribution < -0.4 is 10.6 Å². The van der Waals surface area contributed by atoms with Gasteiger partial charge in [-0.2, -0.15) is 0 Å². The van der Waals surface area contributed by atoms with E-state index in [2.05, 4.69) is 10.6 Å². The van der Waals surface area contributed by atoms with Crippen LogP contribution in [0.4, 0.5) is 0 Å². The second kappa shape index (κ2) is 10.8. The van der Waals surface area contributed by atoms with Crippen molar-refractivity contribution in [1.82, 2.24) is 10.6 Å². The molecule has 2 heterocycles.